The number of hydrogen-bond acceptors (Lipinski definition) is 6. The van der Waals surface area contributed by atoms with Crippen molar-refractivity contribution in [3.05, 3.63) is 47.0 Å². The minimum atomic E-state index is -0.357. The van der Waals surface area contributed by atoms with Crippen molar-refractivity contribution in [3.63, 3.8) is 0 Å². The Balaban J connectivity index is 2.23. The molecule has 118 valence electrons. The number of fused-ring (bicyclic) bond motifs is 4. The lowest BCUT2D eigenvalue weighted by molar-refractivity contribution is 0.112. The van der Waals surface area contributed by atoms with Gasteiger partial charge in [-0.05, 0) is 18.2 Å². The van der Waals surface area contributed by atoms with Crippen molar-refractivity contribution in [1.82, 2.24) is 0 Å². The van der Waals surface area contributed by atoms with E-state index in [9.17, 15) is 25.2 Å². The molecule has 0 radical (unpaired) electrons. The molecule has 0 unspecified atom stereocenters. The normalized spacial score (nSPS) is 12.2. The minimum Gasteiger partial charge on any atom is -0.507 e. The van der Waals surface area contributed by atoms with Crippen LogP contribution in [0.15, 0.2) is 30.3 Å². The lowest BCUT2D eigenvalue weighted by Crippen LogP contribution is -1.97. The molecule has 0 atom stereocenters. The van der Waals surface area contributed by atoms with E-state index in [-0.39, 0.29) is 67.3 Å². The monoisotopic (exact) mass is 321 g/mol. The predicted molar refractivity (Wildman–Crippen MR) is 87.4 cm³/mol. The summed E-state index contributed by atoms with van der Waals surface area (Å²) in [5, 5.41) is 50.0. The molecule has 0 heterocycles. The summed E-state index contributed by atoms with van der Waals surface area (Å²) in [7, 11) is 0. The number of phenolic OH excluding ortho intramolecular Hbond substituents is 4. The molecule has 6 nitrogen and oxygen atoms in total. The van der Waals surface area contributed by atoms with Gasteiger partial charge in [0, 0.05) is 27.6 Å². The second-order valence-electron chi connectivity index (χ2n) is 5.60. The fourth-order valence-corrected chi connectivity index (χ4v) is 3.28. The molecular formula is C18H11NO5. The van der Waals surface area contributed by atoms with Crippen LogP contribution in [0, 0.1) is 5.41 Å². The topological polar surface area (TPSA) is 122 Å². The summed E-state index contributed by atoms with van der Waals surface area (Å²) in [6.45, 7) is 0. The van der Waals surface area contributed by atoms with Crippen LogP contribution in [0.1, 0.15) is 21.5 Å². The van der Waals surface area contributed by atoms with Gasteiger partial charge in [-0.3, -0.25) is 10.2 Å². The summed E-state index contributed by atoms with van der Waals surface area (Å²) in [5.41, 5.74) is 0.564. The second-order valence-corrected chi connectivity index (χ2v) is 5.60. The van der Waals surface area contributed by atoms with E-state index in [1.807, 2.05) is 0 Å². The summed E-state index contributed by atoms with van der Waals surface area (Å²) in [4.78, 5) is 11.0. The standard InChI is InChI=1S/C18H11NO5/c19-16-9-4-7(6-20)5-11(22)12(9)14-15(16)18(24)13-8(17(14)23)2-1-3-10(13)21/h1-6,19,21-24H. The van der Waals surface area contributed by atoms with Crippen LogP contribution >= 0.6 is 0 Å². The Kier molecular flexibility index (Phi) is 2.63. The minimum absolute atomic E-state index is 0.00912. The first-order valence-electron chi connectivity index (χ1n) is 7.07. The van der Waals surface area contributed by atoms with Crippen molar-refractivity contribution in [2.45, 2.75) is 0 Å². The van der Waals surface area contributed by atoms with Crippen molar-refractivity contribution in [3.8, 4) is 34.1 Å². The van der Waals surface area contributed by atoms with E-state index in [4.69, 9.17) is 5.41 Å². The molecule has 4 rings (SSSR count). The number of rotatable bonds is 1. The maximum absolute atomic E-state index is 11.0. The van der Waals surface area contributed by atoms with Gasteiger partial charge < -0.3 is 20.4 Å². The van der Waals surface area contributed by atoms with E-state index in [0.29, 0.717) is 6.29 Å². The van der Waals surface area contributed by atoms with E-state index < -0.39 is 0 Å². The number of phenols is 4. The number of nitrogens with one attached hydrogen (secondary N) is 1. The van der Waals surface area contributed by atoms with Gasteiger partial charge in [-0.1, -0.05) is 12.1 Å². The molecule has 0 fully saturated rings. The highest BCUT2D eigenvalue weighted by Crippen LogP contribution is 2.54. The average Bonchev–Trinajstić information content (AvgIpc) is 2.86. The summed E-state index contributed by atoms with van der Waals surface area (Å²) in [6, 6.07) is 7.04. The molecular weight excluding hydrogens is 310 g/mol. The fraction of sp³-hybridized carbons (Fsp3) is 0. The van der Waals surface area contributed by atoms with Crippen molar-refractivity contribution < 1.29 is 25.2 Å². The van der Waals surface area contributed by atoms with Crippen LogP contribution in [0.3, 0.4) is 0 Å². The third-order valence-corrected chi connectivity index (χ3v) is 4.30. The van der Waals surface area contributed by atoms with Crippen LogP contribution in [-0.2, 0) is 0 Å². The Morgan fingerprint density at radius 2 is 1.62 bits per heavy atom. The highest BCUT2D eigenvalue weighted by molar-refractivity contribution is 6.29. The number of carbonyl (C=O) groups excluding carboxylic acids is 1. The summed E-state index contributed by atoms with van der Waals surface area (Å²) < 4.78 is 0. The van der Waals surface area contributed by atoms with Gasteiger partial charge in [0.15, 0.2) is 0 Å². The van der Waals surface area contributed by atoms with Gasteiger partial charge in [0.05, 0.1) is 16.7 Å². The zero-order chi connectivity index (χ0) is 17.2. The SMILES string of the molecule is N=C1c2cc(C=O)cc(O)c2-c2c1c(O)c1c(O)cccc1c2O. The lowest BCUT2D eigenvalue weighted by Gasteiger charge is -2.12. The highest BCUT2D eigenvalue weighted by Gasteiger charge is 2.34. The Morgan fingerprint density at radius 1 is 0.875 bits per heavy atom. The van der Waals surface area contributed by atoms with Crippen LogP contribution in [0.25, 0.3) is 21.9 Å². The number of carbonyl (C=O) groups is 1. The molecule has 0 bridgehead atoms. The van der Waals surface area contributed by atoms with Crippen LogP contribution in [0.2, 0.25) is 0 Å². The molecule has 3 aromatic rings. The number of benzene rings is 3. The molecule has 3 aromatic carbocycles. The average molecular weight is 321 g/mol. The zero-order valence-corrected chi connectivity index (χ0v) is 12.2. The van der Waals surface area contributed by atoms with Gasteiger partial charge in [0.2, 0.25) is 0 Å². The number of aldehydes is 1. The molecule has 0 saturated carbocycles. The molecule has 0 amide bonds. The van der Waals surface area contributed by atoms with E-state index >= 15 is 0 Å². The van der Waals surface area contributed by atoms with Crippen LogP contribution in [0.5, 0.6) is 23.0 Å². The van der Waals surface area contributed by atoms with Crippen molar-refractivity contribution >= 4 is 22.8 Å². The quantitative estimate of drug-likeness (QED) is 0.272. The predicted octanol–water partition coefficient (Wildman–Crippen LogP) is 2.87. The van der Waals surface area contributed by atoms with E-state index in [1.54, 1.807) is 0 Å². The third-order valence-electron chi connectivity index (χ3n) is 4.30. The largest absolute Gasteiger partial charge is 0.507 e. The van der Waals surface area contributed by atoms with Crippen molar-refractivity contribution in [2.24, 2.45) is 0 Å². The summed E-state index contributed by atoms with van der Waals surface area (Å²) in [6.07, 6.45) is 0.540. The summed E-state index contributed by atoms with van der Waals surface area (Å²) in [5.74, 6) is -1.12. The van der Waals surface area contributed by atoms with E-state index in [0.717, 1.165) is 0 Å². The highest BCUT2D eigenvalue weighted by atomic mass is 16.3. The Hall–Kier alpha value is -3.54. The van der Waals surface area contributed by atoms with Crippen LogP contribution < -0.4 is 0 Å². The molecule has 0 saturated heterocycles. The molecule has 5 N–H and O–H groups in total. The molecule has 0 spiro atoms. The van der Waals surface area contributed by atoms with Crippen molar-refractivity contribution in [1.29, 1.82) is 5.41 Å². The van der Waals surface area contributed by atoms with Gasteiger partial charge in [0.1, 0.15) is 29.3 Å². The molecule has 0 aromatic heterocycles. The summed E-state index contributed by atoms with van der Waals surface area (Å²) >= 11 is 0. The van der Waals surface area contributed by atoms with Crippen LogP contribution in [0.4, 0.5) is 0 Å². The Morgan fingerprint density at radius 3 is 2.33 bits per heavy atom. The van der Waals surface area contributed by atoms with Gasteiger partial charge in [0.25, 0.3) is 0 Å². The van der Waals surface area contributed by atoms with Crippen molar-refractivity contribution in [2.75, 3.05) is 0 Å². The number of hydrogen-bond donors (Lipinski definition) is 5. The molecule has 1 aliphatic carbocycles. The smallest absolute Gasteiger partial charge is 0.150 e. The Labute approximate surface area is 135 Å². The third kappa shape index (κ3) is 1.54. The maximum Gasteiger partial charge on any atom is 0.150 e. The maximum atomic E-state index is 11.0. The second kappa shape index (κ2) is 4.48. The van der Waals surface area contributed by atoms with Crippen LogP contribution in [-0.4, -0.2) is 32.4 Å². The number of aromatic hydroxyl groups is 4. The molecule has 24 heavy (non-hydrogen) atoms. The zero-order valence-electron chi connectivity index (χ0n) is 12.2. The Bertz CT molecular complexity index is 1080. The fourth-order valence-electron chi connectivity index (χ4n) is 3.28. The molecule has 6 heteroatoms. The first-order chi connectivity index (χ1) is 11.5. The molecule has 1 aliphatic rings. The van der Waals surface area contributed by atoms with Gasteiger partial charge in [-0.25, -0.2) is 0 Å². The van der Waals surface area contributed by atoms with E-state index in [2.05, 4.69) is 0 Å². The first kappa shape index (κ1) is 14.1. The first-order valence-corrected chi connectivity index (χ1v) is 7.07. The van der Waals surface area contributed by atoms with E-state index in [1.165, 1.54) is 30.3 Å². The van der Waals surface area contributed by atoms with Gasteiger partial charge in [-0.15, -0.1) is 0 Å². The lowest BCUT2D eigenvalue weighted by atomic mass is 9.96. The molecule has 0 aliphatic heterocycles. The van der Waals surface area contributed by atoms with Gasteiger partial charge >= 0.3 is 0 Å². The van der Waals surface area contributed by atoms with Gasteiger partial charge in [-0.2, -0.15) is 0 Å².